The number of amides is 3. The van der Waals surface area contributed by atoms with Gasteiger partial charge in [0.05, 0.1) is 12.6 Å². The largest absolute Gasteiger partial charge is 0.480 e. The number of aliphatic hydroxyl groups excluding tert-OH is 1. The minimum absolute atomic E-state index is 0.104. The molecule has 33 heavy (non-hydrogen) atoms. The van der Waals surface area contributed by atoms with E-state index >= 15 is 0 Å². The first-order valence-electron chi connectivity index (χ1n) is 10.5. The number of aliphatic carboxylic acids is 1. The van der Waals surface area contributed by atoms with E-state index in [2.05, 4.69) is 20.9 Å². The smallest absolute Gasteiger partial charge is 0.328 e. The molecule has 0 aromatic heterocycles. The van der Waals surface area contributed by atoms with Gasteiger partial charge >= 0.3 is 5.97 Å². The van der Waals surface area contributed by atoms with E-state index in [0.29, 0.717) is 12.2 Å². The summed E-state index contributed by atoms with van der Waals surface area (Å²) in [7, 11) is 0. The number of carboxylic acid groups (broad SMARTS) is 1. The van der Waals surface area contributed by atoms with Gasteiger partial charge in [-0.05, 0) is 37.2 Å². The van der Waals surface area contributed by atoms with E-state index in [0.717, 1.165) is 0 Å². The fourth-order valence-corrected chi connectivity index (χ4v) is 3.05. The quantitative estimate of drug-likeness (QED) is 0.0632. The monoisotopic (exact) mass is 491 g/mol. The second-order valence-electron chi connectivity index (χ2n) is 7.70. The molecule has 0 spiro atoms. The zero-order valence-corrected chi connectivity index (χ0v) is 20.1. The zero-order valence-electron chi connectivity index (χ0n) is 19.2. The molecule has 4 unspecified atom stereocenters. The second-order valence-corrected chi connectivity index (χ2v) is 8.69. The normalized spacial score (nSPS) is 14.5. The number of guanidine groups is 1. The number of carbonyl (C=O) groups excluding carboxylic acids is 3. The Morgan fingerprint density at radius 1 is 0.939 bits per heavy atom. The molecular weight excluding hydrogens is 454 g/mol. The van der Waals surface area contributed by atoms with E-state index in [9.17, 15) is 19.2 Å². The summed E-state index contributed by atoms with van der Waals surface area (Å²) in [5.41, 5.74) is 16.5. The fraction of sp³-hybridized carbons (Fsp3) is 0.737. The second kappa shape index (κ2) is 16.1. The third-order valence-corrected chi connectivity index (χ3v) is 5.28. The molecule has 0 fully saturated rings. The van der Waals surface area contributed by atoms with Crippen molar-refractivity contribution in [1.82, 2.24) is 16.0 Å². The average molecular weight is 492 g/mol. The van der Waals surface area contributed by atoms with Gasteiger partial charge in [-0.2, -0.15) is 11.8 Å². The number of aliphatic imine (C=N–C) groups is 1. The third kappa shape index (κ3) is 12.3. The van der Waals surface area contributed by atoms with Crippen LogP contribution in [0.3, 0.4) is 0 Å². The molecule has 0 bridgehead atoms. The van der Waals surface area contributed by atoms with E-state index in [1.54, 1.807) is 13.8 Å². The van der Waals surface area contributed by atoms with Crippen LogP contribution in [0.4, 0.5) is 0 Å². The molecule has 3 amide bonds. The minimum atomic E-state index is -1.51. The highest BCUT2D eigenvalue weighted by atomic mass is 32.2. The molecule has 0 aromatic rings. The number of thioether (sulfide) groups is 1. The Kier molecular flexibility index (Phi) is 14.8. The topological polar surface area (TPSA) is 235 Å². The number of rotatable bonds is 16. The van der Waals surface area contributed by atoms with Gasteiger partial charge in [0, 0.05) is 6.54 Å². The number of hydrogen-bond donors (Lipinski definition) is 8. The van der Waals surface area contributed by atoms with Crippen LogP contribution >= 0.6 is 11.8 Å². The standard InChI is InChI=1S/C19H37N7O6S/c1-10(2)14(20)17(30)25-11(5-4-7-23-19(21)22)15(28)24-12(6-8-33-3)16(29)26-13(9-27)18(31)32/h10-14,27H,4-9,20H2,1-3H3,(H,24,28)(H,25,30)(H,26,29)(H,31,32)(H4,21,22,23). The van der Waals surface area contributed by atoms with Crippen molar-refractivity contribution in [3.05, 3.63) is 0 Å². The van der Waals surface area contributed by atoms with Gasteiger partial charge in [-0.3, -0.25) is 19.4 Å². The molecule has 11 N–H and O–H groups in total. The van der Waals surface area contributed by atoms with Crippen LogP contribution in [0.5, 0.6) is 0 Å². The van der Waals surface area contributed by atoms with Crippen molar-refractivity contribution in [3.8, 4) is 0 Å². The lowest BCUT2D eigenvalue weighted by molar-refractivity contribution is -0.143. The molecule has 190 valence electrons. The van der Waals surface area contributed by atoms with Gasteiger partial charge in [0.15, 0.2) is 5.96 Å². The first kappa shape index (κ1) is 30.4. The molecule has 0 radical (unpaired) electrons. The molecule has 4 atom stereocenters. The van der Waals surface area contributed by atoms with Crippen LogP contribution in [-0.2, 0) is 19.2 Å². The van der Waals surface area contributed by atoms with Gasteiger partial charge in [-0.15, -0.1) is 0 Å². The van der Waals surface area contributed by atoms with Gasteiger partial charge in [0.2, 0.25) is 17.7 Å². The maximum atomic E-state index is 13.0. The highest BCUT2D eigenvalue weighted by molar-refractivity contribution is 7.98. The van der Waals surface area contributed by atoms with E-state index in [1.165, 1.54) is 11.8 Å². The molecule has 0 heterocycles. The lowest BCUT2D eigenvalue weighted by Gasteiger charge is -2.25. The number of nitrogens with two attached hydrogens (primary N) is 3. The summed E-state index contributed by atoms with van der Waals surface area (Å²) in [6.07, 6.45) is 2.55. The van der Waals surface area contributed by atoms with Crippen molar-refractivity contribution in [1.29, 1.82) is 0 Å². The highest BCUT2D eigenvalue weighted by Crippen LogP contribution is 2.06. The molecule has 0 saturated carbocycles. The van der Waals surface area contributed by atoms with Crippen molar-refractivity contribution in [2.24, 2.45) is 28.1 Å². The van der Waals surface area contributed by atoms with Gasteiger partial charge in [-0.25, -0.2) is 4.79 Å². The highest BCUT2D eigenvalue weighted by Gasteiger charge is 2.30. The Balaban J connectivity index is 5.47. The Morgan fingerprint density at radius 3 is 1.91 bits per heavy atom. The maximum Gasteiger partial charge on any atom is 0.328 e. The van der Waals surface area contributed by atoms with Gasteiger partial charge < -0.3 is 43.4 Å². The summed E-state index contributed by atoms with van der Waals surface area (Å²) in [6.45, 7) is 2.95. The summed E-state index contributed by atoms with van der Waals surface area (Å²) in [5.74, 6) is -3.11. The molecule has 0 rings (SSSR count). The van der Waals surface area contributed by atoms with E-state index in [4.69, 9.17) is 27.4 Å². The lowest BCUT2D eigenvalue weighted by atomic mass is 10.0. The number of carbonyl (C=O) groups is 4. The van der Waals surface area contributed by atoms with Crippen LogP contribution in [-0.4, -0.2) is 89.2 Å². The molecule has 0 aliphatic rings. The molecule has 13 nitrogen and oxygen atoms in total. The van der Waals surface area contributed by atoms with E-state index < -0.39 is 54.5 Å². The molecule has 0 aliphatic carbocycles. The molecule has 0 saturated heterocycles. The van der Waals surface area contributed by atoms with Crippen LogP contribution in [0.1, 0.15) is 33.1 Å². The summed E-state index contributed by atoms with van der Waals surface area (Å²) < 4.78 is 0. The third-order valence-electron chi connectivity index (χ3n) is 4.64. The molecule has 0 aliphatic heterocycles. The van der Waals surface area contributed by atoms with Crippen molar-refractivity contribution >= 4 is 41.4 Å². The number of hydrogen-bond acceptors (Lipinski definition) is 8. The maximum absolute atomic E-state index is 13.0. The predicted molar refractivity (Wildman–Crippen MR) is 126 cm³/mol. The Hall–Kier alpha value is -2.58. The lowest BCUT2D eigenvalue weighted by Crippen LogP contribution is -2.58. The summed E-state index contributed by atoms with van der Waals surface area (Å²) in [5, 5.41) is 25.6. The van der Waals surface area contributed by atoms with E-state index in [-0.39, 0.29) is 31.3 Å². The Morgan fingerprint density at radius 2 is 1.45 bits per heavy atom. The summed E-state index contributed by atoms with van der Waals surface area (Å²) in [4.78, 5) is 52.9. The van der Waals surface area contributed by atoms with Gasteiger partial charge in [0.1, 0.15) is 18.1 Å². The van der Waals surface area contributed by atoms with Crippen LogP contribution in [0.15, 0.2) is 4.99 Å². The Labute approximate surface area is 197 Å². The summed E-state index contributed by atoms with van der Waals surface area (Å²) in [6, 6.07) is -4.44. The molecular formula is C19H37N7O6S. The number of nitrogens with one attached hydrogen (secondary N) is 3. The average Bonchev–Trinajstić information content (AvgIpc) is 2.75. The molecule has 0 aromatic carbocycles. The van der Waals surface area contributed by atoms with Gasteiger partial charge in [-0.1, -0.05) is 13.8 Å². The molecule has 14 heteroatoms. The Bertz CT molecular complexity index is 688. The van der Waals surface area contributed by atoms with Crippen molar-refractivity contribution in [3.63, 3.8) is 0 Å². The summed E-state index contributed by atoms with van der Waals surface area (Å²) >= 11 is 1.43. The van der Waals surface area contributed by atoms with Crippen LogP contribution in [0.2, 0.25) is 0 Å². The SMILES string of the molecule is CSCCC(NC(=O)C(CCCN=C(N)N)NC(=O)C(N)C(C)C)C(=O)NC(CO)C(=O)O. The zero-order chi connectivity index (χ0) is 25.6. The van der Waals surface area contributed by atoms with Crippen molar-refractivity contribution in [2.45, 2.75) is 57.3 Å². The van der Waals surface area contributed by atoms with Crippen molar-refractivity contribution in [2.75, 3.05) is 25.2 Å². The minimum Gasteiger partial charge on any atom is -0.480 e. The van der Waals surface area contributed by atoms with Crippen LogP contribution < -0.4 is 33.2 Å². The van der Waals surface area contributed by atoms with E-state index in [1.807, 2.05) is 6.26 Å². The van der Waals surface area contributed by atoms with Crippen LogP contribution in [0, 0.1) is 5.92 Å². The first-order valence-corrected chi connectivity index (χ1v) is 11.9. The predicted octanol–water partition coefficient (Wildman–Crippen LogP) is -2.69. The van der Waals surface area contributed by atoms with Crippen molar-refractivity contribution < 1.29 is 29.4 Å². The first-order chi connectivity index (χ1) is 15.4. The number of nitrogens with zero attached hydrogens (tertiary/aromatic N) is 1. The fourth-order valence-electron chi connectivity index (χ4n) is 2.58. The number of carboxylic acids is 1. The van der Waals surface area contributed by atoms with Gasteiger partial charge in [0.25, 0.3) is 0 Å². The number of aliphatic hydroxyl groups is 1. The van der Waals surface area contributed by atoms with Crippen LogP contribution in [0.25, 0.3) is 0 Å².